The maximum atomic E-state index is 13.0. The number of amides is 1. The van der Waals surface area contributed by atoms with Crippen LogP contribution in [-0.2, 0) is 16.4 Å². The van der Waals surface area contributed by atoms with Crippen LogP contribution in [0.2, 0.25) is 10.0 Å². The number of hydrogen-bond donors (Lipinski definition) is 1. The Morgan fingerprint density at radius 2 is 1.73 bits per heavy atom. The minimum atomic E-state index is -3.95. The molecule has 1 amide bonds. The van der Waals surface area contributed by atoms with E-state index >= 15 is 0 Å². The van der Waals surface area contributed by atoms with Crippen molar-refractivity contribution >= 4 is 50.5 Å². The molecule has 3 aromatic carbocycles. The number of fused-ring (bicyclic) bond motifs is 1. The normalized spacial score (nSPS) is 13.6. The van der Waals surface area contributed by atoms with Crippen molar-refractivity contribution in [3.8, 4) is 0 Å². The zero-order chi connectivity index (χ0) is 21.3. The molecule has 1 heterocycles. The smallest absolute Gasteiger partial charge is 0.263 e. The number of hydrogen-bond acceptors (Lipinski definition) is 3. The van der Waals surface area contributed by atoms with Crippen LogP contribution in [0.5, 0.6) is 0 Å². The molecule has 0 spiro atoms. The topological polar surface area (TPSA) is 66.5 Å². The van der Waals surface area contributed by atoms with E-state index in [9.17, 15) is 13.2 Å². The second-order valence-electron chi connectivity index (χ2n) is 6.95. The van der Waals surface area contributed by atoms with Gasteiger partial charge in [-0.25, -0.2) is 8.42 Å². The van der Waals surface area contributed by atoms with Crippen LogP contribution in [0.15, 0.2) is 71.6 Å². The Labute approximate surface area is 185 Å². The highest BCUT2D eigenvalue weighted by Gasteiger charge is 2.25. The van der Waals surface area contributed by atoms with Crippen molar-refractivity contribution < 1.29 is 13.2 Å². The lowest BCUT2D eigenvalue weighted by Gasteiger charge is -2.30. The van der Waals surface area contributed by atoms with Gasteiger partial charge in [-0.3, -0.25) is 9.52 Å². The number of carbonyl (C=O) groups is 1. The van der Waals surface area contributed by atoms with Gasteiger partial charge in [-0.2, -0.15) is 0 Å². The van der Waals surface area contributed by atoms with Crippen LogP contribution in [0.3, 0.4) is 0 Å². The van der Waals surface area contributed by atoms with Gasteiger partial charge < -0.3 is 4.90 Å². The molecule has 0 fully saturated rings. The van der Waals surface area contributed by atoms with Crippen LogP contribution in [0.4, 0.5) is 11.4 Å². The molecule has 154 valence electrons. The number of anilines is 2. The molecule has 4 rings (SSSR count). The Kier molecular flexibility index (Phi) is 5.73. The first-order valence-electron chi connectivity index (χ1n) is 9.33. The van der Waals surface area contributed by atoms with Crippen LogP contribution in [-0.4, -0.2) is 20.9 Å². The van der Waals surface area contributed by atoms with Crippen molar-refractivity contribution in [3.05, 3.63) is 87.9 Å². The Balaban J connectivity index is 1.68. The van der Waals surface area contributed by atoms with Gasteiger partial charge in [-0.1, -0.05) is 47.5 Å². The Bertz CT molecular complexity index is 1210. The third-order valence-electron chi connectivity index (χ3n) is 4.90. The van der Waals surface area contributed by atoms with Crippen molar-refractivity contribution in [2.75, 3.05) is 16.2 Å². The van der Waals surface area contributed by atoms with Gasteiger partial charge in [0, 0.05) is 22.8 Å². The van der Waals surface area contributed by atoms with E-state index in [1.54, 1.807) is 29.2 Å². The van der Waals surface area contributed by atoms with Gasteiger partial charge in [-0.15, -0.1) is 0 Å². The van der Waals surface area contributed by atoms with E-state index in [1.165, 1.54) is 18.2 Å². The summed E-state index contributed by atoms with van der Waals surface area (Å²) in [6.07, 6.45) is 1.66. The van der Waals surface area contributed by atoms with Gasteiger partial charge >= 0.3 is 0 Å². The molecule has 5 nitrogen and oxygen atoms in total. The molecule has 0 radical (unpaired) electrons. The molecule has 0 unspecified atom stereocenters. The van der Waals surface area contributed by atoms with Gasteiger partial charge in [0.2, 0.25) is 0 Å². The first-order valence-corrected chi connectivity index (χ1v) is 11.6. The van der Waals surface area contributed by atoms with Gasteiger partial charge in [0.1, 0.15) is 4.90 Å². The molecule has 0 bridgehead atoms. The first-order chi connectivity index (χ1) is 14.3. The zero-order valence-corrected chi connectivity index (χ0v) is 18.1. The standard InChI is InChI=1S/C22H18Cl2N2O3S/c23-17-9-11-19(24)21(13-17)30(28,29)25-18-10-8-15-7-4-12-26(20(15)14-18)22(27)16-5-2-1-3-6-16/h1-3,5-6,8-11,13-14,25H,4,7,12H2. The summed E-state index contributed by atoms with van der Waals surface area (Å²) in [5, 5.41) is 0.343. The Hall–Kier alpha value is -2.54. The van der Waals surface area contributed by atoms with E-state index in [1.807, 2.05) is 24.3 Å². The summed E-state index contributed by atoms with van der Waals surface area (Å²) in [6, 6.07) is 18.5. The van der Waals surface area contributed by atoms with Gasteiger partial charge in [0.25, 0.3) is 15.9 Å². The Morgan fingerprint density at radius 1 is 0.967 bits per heavy atom. The van der Waals surface area contributed by atoms with Crippen molar-refractivity contribution in [2.45, 2.75) is 17.7 Å². The maximum absolute atomic E-state index is 13.0. The predicted octanol–water partition coefficient (Wildman–Crippen LogP) is 5.39. The quantitative estimate of drug-likeness (QED) is 0.567. The van der Waals surface area contributed by atoms with Crippen molar-refractivity contribution in [1.29, 1.82) is 0 Å². The van der Waals surface area contributed by atoms with Gasteiger partial charge in [0.05, 0.1) is 10.7 Å². The number of nitrogens with zero attached hydrogens (tertiary/aromatic N) is 1. The molecule has 0 aromatic heterocycles. The lowest BCUT2D eigenvalue weighted by Crippen LogP contribution is -2.35. The minimum absolute atomic E-state index is 0.0748. The van der Waals surface area contributed by atoms with Crippen LogP contribution >= 0.6 is 23.2 Å². The van der Waals surface area contributed by atoms with E-state index in [-0.39, 0.29) is 20.8 Å². The third kappa shape index (κ3) is 4.17. The number of halogens is 2. The molecule has 8 heteroatoms. The van der Waals surface area contributed by atoms with E-state index in [0.717, 1.165) is 18.4 Å². The molecule has 0 saturated carbocycles. The number of carbonyl (C=O) groups excluding carboxylic acids is 1. The molecule has 0 saturated heterocycles. The first kappa shape index (κ1) is 20.7. The summed E-state index contributed by atoms with van der Waals surface area (Å²) in [4.78, 5) is 14.6. The number of rotatable bonds is 4. The van der Waals surface area contributed by atoms with Gasteiger partial charge in [-0.05, 0) is 60.9 Å². The van der Waals surface area contributed by atoms with Crippen LogP contribution in [0, 0.1) is 0 Å². The van der Waals surface area contributed by atoms with Crippen molar-refractivity contribution in [2.24, 2.45) is 0 Å². The maximum Gasteiger partial charge on any atom is 0.263 e. The van der Waals surface area contributed by atoms with Crippen LogP contribution in [0.25, 0.3) is 0 Å². The summed E-state index contributed by atoms with van der Waals surface area (Å²) in [6.45, 7) is 0.567. The summed E-state index contributed by atoms with van der Waals surface area (Å²) in [7, 11) is -3.95. The van der Waals surface area contributed by atoms with E-state index in [0.29, 0.717) is 23.5 Å². The molecule has 1 N–H and O–H groups in total. The largest absolute Gasteiger partial charge is 0.308 e. The summed E-state index contributed by atoms with van der Waals surface area (Å²) >= 11 is 12.0. The second kappa shape index (κ2) is 8.30. The SMILES string of the molecule is O=C(c1ccccc1)N1CCCc2ccc(NS(=O)(=O)c3cc(Cl)ccc3Cl)cc21. The zero-order valence-electron chi connectivity index (χ0n) is 15.8. The average molecular weight is 461 g/mol. The van der Waals surface area contributed by atoms with Crippen LogP contribution < -0.4 is 9.62 Å². The number of sulfonamides is 1. The fourth-order valence-electron chi connectivity index (χ4n) is 3.48. The highest BCUT2D eigenvalue weighted by molar-refractivity contribution is 7.92. The number of benzene rings is 3. The predicted molar refractivity (Wildman–Crippen MR) is 120 cm³/mol. The highest BCUT2D eigenvalue weighted by atomic mass is 35.5. The average Bonchev–Trinajstić information content (AvgIpc) is 2.74. The molecular weight excluding hydrogens is 443 g/mol. The monoisotopic (exact) mass is 460 g/mol. The molecular formula is C22H18Cl2N2O3S. The number of nitrogens with one attached hydrogen (secondary N) is 1. The van der Waals surface area contributed by atoms with Gasteiger partial charge in [0.15, 0.2) is 0 Å². The van der Waals surface area contributed by atoms with E-state index in [4.69, 9.17) is 23.2 Å². The van der Waals surface area contributed by atoms with Crippen molar-refractivity contribution in [1.82, 2.24) is 0 Å². The van der Waals surface area contributed by atoms with E-state index in [2.05, 4.69) is 4.72 Å². The molecule has 0 atom stereocenters. The summed E-state index contributed by atoms with van der Waals surface area (Å²) < 4.78 is 28.2. The Morgan fingerprint density at radius 3 is 2.50 bits per heavy atom. The fourth-order valence-corrected chi connectivity index (χ4v) is 5.29. The lowest BCUT2D eigenvalue weighted by atomic mass is 10.00. The third-order valence-corrected chi connectivity index (χ3v) is 7.00. The van der Waals surface area contributed by atoms with Crippen LogP contribution in [0.1, 0.15) is 22.3 Å². The molecule has 1 aliphatic heterocycles. The summed E-state index contributed by atoms with van der Waals surface area (Å²) in [5.41, 5.74) is 2.63. The fraction of sp³-hybridized carbons (Fsp3) is 0.136. The highest BCUT2D eigenvalue weighted by Crippen LogP contribution is 2.33. The summed E-state index contributed by atoms with van der Waals surface area (Å²) in [5.74, 6) is -0.116. The molecule has 1 aliphatic rings. The molecule has 30 heavy (non-hydrogen) atoms. The minimum Gasteiger partial charge on any atom is -0.308 e. The van der Waals surface area contributed by atoms with Crippen molar-refractivity contribution in [3.63, 3.8) is 0 Å². The lowest BCUT2D eigenvalue weighted by molar-refractivity contribution is 0.0985. The second-order valence-corrected chi connectivity index (χ2v) is 9.44. The molecule has 0 aliphatic carbocycles. The molecule has 3 aromatic rings. The van der Waals surface area contributed by atoms with E-state index < -0.39 is 10.0 Å². The number of aryl methyl sites for hydroxylation is 1.